The smallest absolute Gasteiger partial charge is 0.260 e. The predicted octanol–water partition coefficient (Wildman–Crippen LogP) is 4.35. The first-order valence-corrected chi connectivity index (χ1v) is 12.7. The molecule has 9 heteroatoms. The molecule has 0 aliphatic carbocycles. The lowest BCUT2D eigenvalue weighted by molar-refractivity contribution is 0.0984. The Bertz CT molecular complexity index is 1380. The highest BCUT2D eigenvalue weighted by Crippen LogP contribution is 2.32. The van der Waals surface area contributed by atoms with Gasteiger partial charge in [-0.15, -0.1) is 0 Å². The highest BCUT2D eigenvalue weighted by molar-refractivity contribution is 7.89. The molecule has 0 unspecified atom stereocenters. The maximum atomic E-state index is 13.6. The molecule has 0 radical (unpaired) electrons. The zero-order valence-corrected chi connectivity index (χ0v) is 20.2. The average Bonchev–Trinajstić information content (AvgIpc) is 3.27. The van der Waals surface area contributed by atoms with Gasteiger partial charge in [0.1, 0.15) is 0 Å². The maximum absolute atomic E-state index is 13.6. The Labute approximate surface area is 197 Å². The molecule has 4 aromatic rings. The highest BCUT2D eigenvalue weighted by Gasteiger charge is 2.24. The van der Waals surface area contributed by atoms with Crippen LogP contribution in [0.25, 0.3) is 10.2 Å². The molecular formula is C24H24N4O3S2. The van der Waals surface area contributed by atoms with Crippen molar-refractivity contribution < 1.29 is 13.2 Å². The minimum Gasteiger partial charge on any atom is -0.278 e. The van der Waals surface area contributed by atoms with Crippen LogP contribution in [-0.4, -0.2) is 42.7 Å². The van der Waals surface area contributed by atoms with Crippen LogP contribution in [0.1, 0.15) is 28.5 Å². The maximum Gasteiger partial charge on any atom is 0.260 e. The van der Waals surface area contributed by atoms with Crippen molar-refractivity contribution in [2.75, 3.05) is 19.0 Å². The van der Waals surface area contributed by atoms with Crippen LogP contribution in [-0.2, 0) is 23.0 Å². The van der Waals surface area contributed by atoms with Crippen molar-refractivity contribution in [3.63, 3.8) is 0 Å². The first-order valence-electron chi connectivity index (χ1n) is 10.4. The number of hydrogen-bond donors (Lipinski definition) is 0. The fraction of sp³-hybridized carbons (Fsp3) is 0.208. The van der Waals surface area contributed by atoms with E-state index in [0.717, 1.165) is 32.2 Å². The van der Waals surface area contributed by atoms with Crippen LogP contribution in [0, 0.1) is 0 Å². The summed E-state index contributed by atoms with van der Waals surface area (Å²) in [5, 5.41) is 0.576. The summed E-state index contributed by atoms with van der Waals surface area (Å²) in [5.41, 5.74) is 3.12. The summed E-state index contributed by atoms with van der Waals surface area (Å²) in [6.45, 7) is 2.33. The number of thiazole rings is 1. The number of pyridine rings is 1. The fourth-order valence-electron chi connectivity index (χ4n) is 3.41. The number of carbonyl (C=O) groups excluding carboxylic acids is 1. The van der Waals surface area contributed by atoms with Crippen LogP contribution in [0.5, 0.6) is 0 Å². The summed E-state index contributed by atoms with van der Waals surface area (Å²) >= 11 is 1.45. The number of aromatic nitrogens is 2. The summed E-state index contributed by atoms with van der Waals surface area (Å²) in [6, 6.07) is 17.6. The molecule has 0 bridgehead atoms. The average molecular weight is 481 g/mol. The normalized spacial score (nSPS) is 11.8. The van der Waals surface area contributed by atoms with E-state index < -0.39 is 10.0 Å². The zero-order chi connectivity index (χ0) is 23.6. The monoisotopic (exact) mass is 480 g/mol. The van der Waals surface area contributed by atoms with Gasteiger partial charge in [-0.2, -0.15) is 0 Å². The van der Waals surface area contributed by atoms with E-state index in [4.69, 9.17) is 4.98 Å². The van der Waals surface area contributed by atoms with Gasteiger partial charge in [0, 0.05) is 25.9 Å². The predicted molar refractivity (Wildman–Crippen MR) is 131 cm³/mol. The number of benzene rings is 2. The van der Waals surface area contributed by atoms with Gasteiger partial charge in [0.25, 0.3) is 5.91 Å². The number of rotatable bonds is 7. The summed E-state index contributed by atoms with van der Waals surface area (Å²) < 4.78 is 26.9. The van der Waals surface area contributed by atoms with Crippen LogP contribution in [0.4, 0.5) is 5.13 Å². The van der Waals surface area contributed by atoms with E-state index >= 15 is 0 Å². The van der Waals surface area contributed by atoms with Gasteiger partial charge in [-0.05, 0) is 54.4 Å². The summed E-state index contributed by atoms with van der Waals surface area (Å²) in [6.07, 6.45) is 2.53. The van der Waals surface area contributed by atoms with Crippen molar-refractivity contribution in [1.82, 2.24) is 14.3 Å². The van der Waals surface area contributed by atoms with Gasteiger partial charge in [0.05, 0.1) is 27.4 Å². The van der Waals surface area contributed by atoms with Crippen LogP contribution in [0.2, 0.25) is 0 Å². The molecule has 2 aromatic carbocycles. The Kier molecular flexibility index (Phi) is 6.55. The van der Waals surface area contributed by atoms with Gasteiger partial charge in [-0.25, -0.2) is 17.7 Å². The van der Waals surface area contributed by atoms with Crippen molar-refractivity contribution in [3.8, 4) is 0 Å². The topological polar surface area (TPSA) is 83.5 Å². The number of anilines is 1. The molecular weight excluding hydrogens is 456 g/mol. The Balaban J connectivity index is 1.74. The SMILES string of the molecule is CCc1cccc2sc(N(Cc3ccccn3)C(=O)c3ccc(S(=O)(=O)N(C)C)cc3)nc12. The zero-order valence-electron chi connectivity index (χ0n) is 18.6. The molecule has 0 aliphatic rings. The molecule has 33 heavy (non-hydrogen) atoms. The van der Waals surface area contributed by atoms with E-state index in [-0.39, 0.29) is 17.3 Å². The minimum absolute atomic E-state index is 0.132. The minimum atomic E-state index is -3.58. The van der Waals surface area contributed by atoms with Crippen LogP contribution >= 0.6 is 11.3 Å². The number of aryl methyl sites for hydroxylation is 1. The van der Waals surface area contributed by atoms with Crippen molar-refractivity contribution in [2.24, 2.45) is 0 Å². The van der Waals surface area contributed by atoms with E-state index in [1.165, 1.54) is 49.7 Å². The Hall–Kier alpha value is -3.14. The Morgan fingerprint density at radius 2 is 1.76 bits per heavy atom. The number of nitrogens with zero attached hydrogens (tertiary/aromatic N) is 4. The molecule has 0 atom stereocenters. The molecule has 2 aromatic heterocycles. The van der Waals surface area contributed by atoms with Gasteiger partial charge in [0.15, 0.2) is 5.13 Å². The lowest BCUT2D eigenvalue weighted by Crippen LogP contribution is -2.30. The van der Waals surface area contributed by atoms with E-state index in [0.29, 0.717) is 10.7 Å². The number of carbonyl (C=O) groups is 1. The first kappa shape index (κ1) is 23.0. The third kappa shape index (κ3) is 4.66. The molecule has 0 N–H and O–H groups in total. The van der Waals surface area contributed by atoms with Crippen molar-refractivity contribution in [3.05, 3.63) is 83.7 Å². The van der Waals surface area contributed by atoms with Crippen molar-refractivity contribution in [2.45, 2.75) is 24.8 Å². The van der Waals surface area contributed by atoms with Gasteiger partial charge in [-0.3, -0.25) is 14.7 Å². The van der Waals surface area contributed by atoms with Crippen LogP contribution in [0.15, 0.2) is 71.8 Å². The molecule has 0 aliphatic heterocycles. The lowest BCUT2D eigenvalue weighted by Gasteiger charge is -2.20. The van der Waals surface area contributed by atoms with Crippen molar-refractivity contribution in [1.29, 1.82) is 0 Å². The Morgan fingerprint density at radius 1 is 1.00 bits per heavy atom. The van der Waals surface area contributed by atoms with E-state index in [1.807, 2.05) is 36.4 Å². The first-order chi connectivity index (χ1) is 15.8. The molecule has 0 spiro atoms. The fourth-order valence-corrected chi connectivity index (χ4v) is 5.32. The molecule has 0 saturated carbocycles. The van der Waals surface area contributed by atoms with Gasteiger partial charge < -0.3 is 0 Å². The molecule has 0 fully saturated rings. The van der Waals surface area contributed by atoms with Gasteiger partial charge in [-0.1, -0.05) is 36.5 Å². The third-order valence-electron chi connectivity index (χ3n) is 5.27. The molecule has 7 nitrogen and oxygen atoms in total. The van der Waals surface area contributed by atoms with Crippen molar-refractivity contribution >= 4 is 42.6 Å². The van der Waals surface area contributed by atoms with E-state index in [9.17, 15) is 13.2 Å². The molecule has 1 amide bonds. The third-order valence-corrected chi connectivity index (χ3v) is 8.15. The van der Waals surface area contributed by atoms with E-state index in [1.54, 1.807) is 11.1 Å². The van der Waals surface area contributed by atoms with E-state index in [2.05, 4.69) is 11.9 Å². The molecule has 0 saturated heterocycles. The Morgan fingerprint density at radius 3 is 2.39 bits per heavy atom. The van der Waals surface area contributed by atoms with Gasteiger partial charge in [0.2, 0.25) is 10.0 Å². The van der Waals surface area contributed by atoms with Crippen LogP contribution in [0.3, 0.4) is 0 Å². The molecule has 2 heterocycles. The second-order valence-corrected chi connectivity index (χ2v) is 10.8. The highest BCUT2D eigenvalue weighted by atomic mass is 32.2. The number of hydrogen-bond acceptors (Lipinski definition) is 6. The second kappa shape index (κ2) is 9.38. The number of sulfonamides is 1. The number of para-hydroxylation sites is 1. The molecule has 170 valence electrons. The largest absolute Gasteiger partial charge is 0.278 e. The van der Waals surface area contributed by atoms with Gasteiger partial charge >= 0.3 is 0 Å². The molecule has 4 rings (SSSR count). The quantitative estimate of drug-likeness (QED) is 0.393. The summed E-state index contributed by atoms with van der Waals surface area (Å²) in [5.74, 6) is -0.272. The summed E-state index contributed by atoms with van der Waals surface area (Å²) in [7, 11) is -0.631. The number of amides is 1. The summed E-state index contributed by atoms with van der Waals surface area (Å²) in [4.78, 5) is 24.5. The lowest BCUT2D eigenvalue weighted by atomic mass is 10.1. The second-order valence-electron chi connectivity index (χ2n) is 7.64. The van der Waals surface area contributed by atoms with Crippen LogP contribution < -0.4 is 4.90 Å². The standard InChI is InChI=1S/C24H24N4O3S2/c1-4-17-8-7-10-21-22(17)26-24(32-21)28(16-19-9-5-6-15-25-19)23(29)18-11-13-20(14-12-18)33(30,31)27(2)3/h5-15H,4,16H2,1-3H3. The number of fused-ring (bicyclic) bond motifs is 1.